The quantitative estimate of drug-likeness (QED) is 0.731. The molecule has 2 heterocycles. The van der Waals surface area contributed by atoms with E-state index in [0.29, 0.717) is 0 Å². The molecule has 2 aromatic heterocycles. The summed E-state index contributed by atoms with van der Waals surface area (Å²) < 4.78 is 0. The summed E-state index contributed by atoms with van der Waals surface area (Å²) in [5.74, 6) is 0.741. The third-order valence-electron chi connectivity index (χ3n) is 2.24. The summed E-state index contributed by atoms with van der Waals surface area (Å²) in [6.45, 7) is 5.98. The minimum atomic E-state index is 0.741. The third-order valence-corrected chi connectivity index (χ3v) is 2.24. The second-order valence-electron chi connectivity index (χ2n) is 3.11. The maximum atomic E-state index is 4.17. The van der Waals surface area contributed by atoms with E-state index in [2.05, 4.69) is 44.2 Å². The smallest absolute Gasteiger partial charge is 0.172 e. The zero-order valence-electron chi connectivity index (χ0n) is 8.86. The van der Waals surface area contributed by atoms with Gasteiger partial charge in [0.1, 0.15) is 6.33 Å². The summed E-state index contributed by atoms with van der Waals surface area (Å²) in [4.78, 5) is 15.4. The summed E-state index contributed by atoms with van der Waals surface area (Å²) in [5.41, 5.74) is 4.72. The van der Waals surface area contributed by atoms with E-state index in [1.165, 1.54) is 6.33 Å². The van der Waals surface area contributed by atoms with Crippen LogP contribution in [0.15, 0.2) is 12.7 Å². The highest BCUT2D eigenvalue weighted by Crippen LogP contribution is 2.14. The van der Waals surface area contributed by atoms with Gasteiger partial charge in [0.15, 0.2) is 17.0 Å². The van der Waals surface area contributed by atoms with Crippen molar-refractivity contribution < 1.29 is 0 Å². The average Bonchev–Trinajstić information content (AvgIpc) is 2.74. The van der Waals surface area contributed by atoms with Gasteiger partial charge in [-0.05, 0) is 0 Å². The van der Waals surface area contributed by atoms with E-state index in [1.54, 1.807) is 6.33 Å². The largest absolute Gasteiger partial charge is 0.329 e. The van der Waals surface area contributed by atoms with E-state index in [4.69, 9.17) is 0 Å². The van der Waals surface area contributed by atoms with Crippen LogP contribution in [0.2, 0.25) is 0 Å². The number of nitrogens with one attached hydrogen (secondary N) is 2. The Balaban J connectivity index is 2.30. The summed E-state index contributed by atoms with van der Waals surface area (Å²) in [6, 6.07) is 0. The van der Waals surface area contributed by atoms with E-state index in [9.17, 15) is 0 Å². The van der Waals surface area contributed by atoms with E-state index < -0.39 is 0 Å². The topological polar surface area (TPSA) is 69.7 Å². The van der Waals surface area contributed by atoms with Crippen LogP contribution in [0.1, 0.15) is 13.8 Å². The number of hydrazine groups is 1. The van der Waals surface area contributed by atoms with Crippen LogP contribution in [0.4, 0.5) is 5.82 Å². The molecule has 2 aromatic rings. The monoisotopic (exact) mass is 206 g/mol. The number of anilines is 1. The van der Waals surface area contributed by atoms with Gasteiger partial charge in [0.05, 0.1) is 6.33 Å². The third kappa shape index (κ3) is 1.89. The maximum absolute atomic E-state index is 4.17. The molecule has 0 bridgehead atoms. The number of H-pyrrole nitrogens is 1. The second kappa shape index (κ2) is 4.22. The second-order valence-corrected chi connectivity index (χ2v) is 3.11. The molecule has 6 nitrogen and oxygen atoms in total. The molecule has 0 unspecified atom stereocenters. The standard InChI is InChI=1S/C9H14N6/c1-3-15(4-2)14-9-7-8(11-5-10-7)12-6-13-9/h5-6H,3-4H2,1-2H3,(H2,10,11,12,13,14). The van der Waals surface area contributed by atoms with Gasteiger partial charge in [-0.2, -0.15) is 0 Å². The number of aromatic nitrogens is 4. The summed E-state index contributed by atoms with van der Waals surface area (Å²) in [6.07, 6.45) is 3.14. The van der Waals surface area contributed by atoms with Gasteiger partial charge in [-0.1, -0.05) is 13.8 Å². The van der Waals surface area contributed by atoms with Gasteiger partial charge in [0.2, 0.25) is 0 Å². The van der Waals surface area contributed by atoms with Crippen LogP contribution in [0.5, 0.6) is 0 Å². The Bertz CT molecular complexity index is 433. The summed E-state index contributed by atoms with van der Waals surface area (Å²) in [5, 5.41) is 2.05. The first-order valence-corrected chi connectivity index (χ1v) is 5.00. The summed E-state index contributed by atoms with van der Waals surface area (Å²) >= 11 is 0. The number of imidazole rings is 1. The molecule has 0 saturated heterocycles. The zero-order chi connectivity index (χ0) is 10.7. The number of hydrogen-bond donors (Lipinski definition) is 2. The molecule has 15 heavy (non-hydrogen) atoms. The minimum Gasteiger partial charge on any atom is -0.329 e. The van der Waals surface area contributed by atoms with Crippen molar-refractivity contribution in [2.24, 2.45) is 0 Å². The number of nitrogens with zero attached hydrogens (tertiary/aromatic N) is 4. The molecule has 6 heteroatoms. The molecular weight excluding hydrogens is 192 g/mol. The Labute approximate surface area is 87.7 Å². The van der Waals surface area contributed by atoms with Crippen molar-refractivity contribution in [1.29, 1.82) is 0 Å². The Morgan fingerprint density at radius 1 is 1.27 bits per heavy atom. The van der Waals surface area contributed by atoms with Crippen LogP contribution in [-0.2, 0) is 0 Å². The lowest BCUT2D eigenvalue weighted by Gasteiger charge is -2.19. The fraction of sp³-hybridized carbons (Fsp3) is 0.444. The van der Waals surface area contributed by atoms with Crippen molar-refractivity contribution >= 4 is 17.0 Å². The molecule has 2 rings (SSSR count). The van der Waals surface area contributed by atoms with E-state index in [0.717, 1.165) is 30.1 Å². The lowest BCUT2D eigenvalue weighted by Crippen LogP contribution is -2.29. The Morgan fingerprint density at radius 2 is 2.07 bits per heavy atom. The first kappa shape index (κ1) is 9.85. The van der Waals surface area contributed by atoms with Gasteiger partial charge >= 0.3 is 0 Å². The van der Waals surface area contributed by atoms with Crippen LogP contribution in [0.3, 0.4) is 0 Å². The van der Waals surface area contributed by atoms with Crippen molar-refractivity contribution in [2.75, 3.05) is 18.5 Å². The number of hydrogen-bond acceptors (Lipinski definition) is 5. The molecule has 0 atom stereocenters. The molecule has 0 fully saturated rings. The van der Waals surface area contributed by atoms with E-state index in [1.807, 2.05) is 0 Å². The zero-order valence-corrected chi connectivity index (χ0v) is 8.86. The SMILES string of the molecule is CCN(CC)Nc1ncnc2[nH]cnc12. The van der Waals surface area contributed by atoms with E-state index >= 15 is 0 Å². The molecule has 0 aromatic carbocycles. The van der Waals surface area contributed by atoms with Crippen molar-refractivity contribution in [3.63, 3.8) is 0 Å². The summed E-state index contributed by atoms with van der Waals surface area (Å²) in [7, 11) is 0. The van der Waals surface area contributed by atoms with Gasteiger partial charge in [-0.3, -0.25) is 0 Å². The van der Waals surface area contributed by atoms with Crippen molar-refractivity contribution in [3.05, 3.63) is 12.7 Å². The Morgan fingerprint density at radius 3 is 2.80 bits per heavy atom. The fourth-order valence-corrected chi connectivity index (χ4v) is 1.38. The Kier molecular flexibility index (Phi) is 2.77. The molecule has 0 amide bonds. The first-order valence-electron chi connectivity index (χ1n) is 5.00. The normalized spacial score (nSPS) is 11.1. The van der Waals surface area contributed by atoms with Gasteiger partial charge in [-0.15, -0.1) is 0 Å². The molecular formula is C9H14N6. The molecule has 0 spiro atoms. The van der Waals surface area contributed by atoms with Gasteiger partial charge in [-0.25, -0.2) is 20.0 Å². The molecule has 0 radical (unpaired) electrons. The molecule has 0 aliphatic carbocycles. The van der Waals surface area contributed by atoms with Crippen molar-refractivity contribution in [3.8, 4) is 0 Å². The van der Waals surface area contributed by atoms with Crippen LogP contribution >= 0.6 is 0 Å². The first-order chi connectivity index (χ1) is 7.35. The van der Waals surface area contributed by atoms with Crippen LogP contribution < -0.4 is 5.43 Å². The lowest BCUT2D eigenvalue weighted by atomic mass is 10.5. The molecule has 2 N–H and O–H groups in total. The van der Waals surface area contributed by atoms with Gasteiger partial charge in [0, 0.05) is 13.1 Å². The molecule has 0 aliphatic rings. The Hall–Kier alpha value is -1.69. The van der Waals surface area contributed by atoms with Crippen molar-refractivity contribution in [1.82, 2.24) is 24.9 Å². The van der Waals surface area contributed by atoms with Crippen LogP contribution in [-0.4, -0.2) is 38.0 Å². The predicted octanol–water partition coefficient (Wildman–Crippen LogP) is 1.02. The number of fused-ring (bicyclic) bond motifs is 1. The highest BCUT2D eigenvalue weighted by Gasteiger charge is 2.07. The predicted molar refractivity (Wildman–Crippen MR) is 58.2 cm³/mol. The minimum absolute atomic E-state index is 0.741. The number of rotatable bonds is 4. The van der Waals surface area contributed by atoms with Crippen LogP contribution in [0.25, 0.3) is 11.2 Å². The van der Waals surface area contributed by atoms with Crippen molar-refractivity contribution in [2.45, 2.75) is 13.8 Å². The molecule has 0 saturated carbocycles. The molecule has 0 aliphatic heterocycles. The average molecular weight is 206 g/mol. The van der Waals surface area contributed by atoms with Gasteiger partial charge in [0.25, 0.3) is 0 Å². The lowest BCUT2D eigenvalue weighted by molar-refractivity contribution is 0.366. The van der Waals surface area contributed by atoms with Crippen LogP contribution in [0, 0.1) is 0 Å². The van der Waals surface area contributed by atoms with Gasteiger partial charge < -0.3 is 10.4 Å². The maximum Gasteiger partial charge on any atom is 0.172 e. The van der Waals surface area contributed by atoms with E-state index in [-0.39, 0.29) is 0 Å². The number of aromatic amines is 1. The highest BCUT2D eigenvalue weighted by atomic mass is 15.5. The highest BCUT2D eigenvalue weighted by molar-refractivity contribution is 5.81. The molecule has 80 valence electrons. The fourth-order valence-electron chi connectivity index (χ4n) is 1.38.